The molecule has 26 heavy (non-hydrogen) atoms. The lowest BCUT2D eigenvalue weighted by Gasteiger charge is -2.06. The van der Waals surface area contributed by atoms with Crippen LogP contribution in [0.5, 0.6) is 5.75 Å². The van der Waals surface area contributed by atoms with Crippen LogP contribution in [0.2, 0.25) is 0 Å². The Labute approximate surface area is 149 Å². The number of halogens is 2. The molecule has 136 valence electrons. The summed E-state index contributed by atoms with van der Waals surface area (Å²) in [5.41, 5.74) is 1.13. The fraction of sp³-hybridized carbons (Fsp3) is 0.118. The molecule has 1 aromatic heterocycles. The number of anilines is 1. The van der Waals surface area contributed by atoms with Gasteiger partial charge in [-0.3, -0.25) is 9.40 Å². The Morgan fingerprint density at radius 3 is 2.69 bits per heavy atom. The van der Waals surface area contributed by atoms with E-state index in [1.807, 2.05) is 24.3 Å². The van der Waals surface area contributed by atoms with E-state index in [0.717, 1.165) is 17.7 Å². The number of hydrogen-bond donors (Lipinski definition) is 1. The number of methoxy groups -OCH3 is 1. The summed E-state index contributed by atoms with van der Waals surface area (Å²) in [4.78, 5) is -0.378. The number of rotatable bonds is 6. The van der Waals surface area contributed by atoms with Crippen LogP contribution in [0.1, 0.15) is 5.56 Å². The lowest BCUT2D eigenvalue weighted by molar-refractivity contribution is 0.414. The van der Waals surface area contributed by atoms with Gasteiger partial charge in [0.1, 0.15) is 5.75 Å². The average Bonchev–Trinajstić information content (AvgIpc) is 3.03. The van der Waals surface area contributed by atoms with E-state index < -0.39 is 21.7 Å². The maximum absolute atomic E-state index is 13.3. The molecule has 2 aromatic carbocycles. The normalized spacial score (nSPS) is 11.3. The molecule has 3 aromatic rings. The van der Waals surface area contributed by atoms with Gasteiger partial charge in [0.15, 0.2) is 11.6 Å². The summed E-state index contributed by atoms with van der Waals surface area (Å²) in [6.07, 6.45) is 2.83. The first-order valence-corrected chi connectivity index (χ1v) is 8.99. The molecule has 0 saturated carbocycles. The third-order valence-corrected chi connectivity index (χ3v) is 4.94. The number of benzene rings is 2. The van der Waals surface area contributed by atoms with Crippen molar-refractivity contribution < 1.29 is 21.9 Å². The summed E-state index contributed by atoms with van der Waals surface area (Å²) in [6, 6.07) is 9.75. The molecule has 1 heterocycles. The minimum atomic E-state index is -4.05. The molecule has 6 nitrogen and oxygen atoms in total. The second-order valence-corrected chi connectivity index (χ2v) is 7.14. The SMILES string of the molecule is COc1cccc(Cn2cc(NS(=O)(=O)c3ccc(F)c(F)c3)cn2)c1. The Kier molecular flexibility index (Phi) is 4.90. The maximum atomic E-state index is 13.3. The number of hydrogen-bond acceptors (Lipinski definition) is 4. The highest BCUT2D eigenvalue weighted by Gasteiger charge is 2.17. The van der Waals surface area contributed by atoms with Gasteiger partial charge in [-0.25, -0.2) is 17.2 Å². The second-order valence-electron chi connectivity index (χ2n) is 5.46. The smallest absolute Gasteiger partial charge is 0.262 e. The third kappa shape index (κ3) is 3.99. The Balaban J connectivity index is 1.76. The fourth-order valence-corrected chi connectivity index (χ4v) is 3.36. The summed E-state index contributed by atoms with van der Waals surface area (Å²) < 4.78 is 59.7. The van der Waals surface area contributed by atoms with Crippen LogP contribution in [-0.4, -0.2) is 25.3 Å². The quantitative estimate of drug-likeness (QED) is 0.715. The van der Waals surface area contributed by atoms with Crippen molar-refractivity contribution in [3.63, 3.8) is 0 Å². The van der Waals surface area contributed by atoms with Gasteiger partial charge in [-0.2, -0.15) is 5.10 Å². The molecule has 0 atom stereocenters. The number of aromatic nitrogens is 2. The summed E-state index contributed by atoms with van der Waals surface area (Å²) in [5.74, 6) is -1.65. The maximum Gasteiger partial charge on any atom is 0.262 e. The van der Waals surface area contributed by atoms with Crippen molar-refractivity contribution in [2.75, 3.05) is 11.8 Å². The number of ether oxygens (including phenoxy) is 1. The van der Waals surface area contributed by atoms with E-state index in [1.54, 1.807) is 7.11 Å². The second kappa shape index (κ2) is 7.12. The molecule has 0 spiro atoms. The lowest BCUT2D eigenvalue weighted by Crippen LogP contribution is -2.13. The molecule has 0 fully saturated rings. The highest BCUT2D eigenvalue weighted by Crippen LogP contribution is 2.19. The zero-order valence-corrected chi connectivity index (χ0v) is 14.5. The highest BCUT2D eigenvalue weighted by molar-refractivity contribution is 7.92. The molecule has 0 amide bonds. The predicted octanol–water partition coefficient (Wildman–Crippen LogP) is 3.02. The zero-order valence-electron chi connectivity index (χ0n) is 13.7. The van der Waals surface area contributed by atoms with E-state index >= 15 is 0 Å². The largest absolute Gasteiger partial charge is 0.497 e. The summed E-state index contributed by atoms with van der Waals surface area (Å²) >= 11 is 0. The molecule has 0 radical (unpaired) electrons. The Morgan fingerprint density at radius 1 is 1.15 bits per heavy atom. The summed E-state index contributed by atoms with van der Waals surface area (Å²) in [6.45, 7) is 0.407. The summed E-state index contributed by atoms with van der Waals surface area (Å²) in [7, 11) is -2.49. The van der Waals surface area contributed by atoms with Gasteiger partial charge in [0.25, 0.3) is 10.0 Å². The van der Waals surface area contributed by atoms with Crippen LogP contribution >= 0.6 is 0 Å². The van der Waals surface area contributed by atoms with Gasteiger partial charge in [-0.05, 0) is 35.9 Å². The standard InChI is InChI=1S/C17H15F2N3O3S/c1-25-14-4-2-3-12(7-14)10-22-11-13(9-20-22)21-26(23,24)15-5-6-16(18)17(19)8-15/h2-9,11,21H,10H2,1H3. The first kappa shape index (κ1) is 17.9. The molecule has 0 aliphatic heterocycles. The third-order valence-electron chi connectivity index (χ3n) is 3.57. The van der Waals surface area contributed by atoms with Gasteiger partial charge >= 0.3 is 0 Å². The Morgan fingerprint density at radius 2 is 1.96 bits per heavy atom. The van der Waals surface area contributed by atoms with E-state index in [2.05, 4.69) is 9.82 Å². The van der Waals surface area contributed by atoms with E-state index in [9.17, 15) is 17.2 Å². The molecular weight excluding hydrogens is 364 g/mol. The van der Waals surface area contributed by atoms with Crippen LogP contribution in [0, 0.1) is 11.6 Å². The molecule has 3 rings (SSSR count). The molecular formula is C17H15F2N3O3S. The van der Waals surface area contributed by atoms with Crippen LogP contribution in [0.15, 0.2) is 59.8 Å². The van der Waals surface area contributed by atoms with Gasteiger partial charge in [-0.1, -0.05) is 12.1 Å². The first-order chi connectivity index (χ1) is 12.4. The van der Waals surface area contributed by atoms with E-state index in [4.69, 9.17) is 4.74 Å². The monoisotopic (exact) mass is 379 g/mol. The number of sulfonamides is 1. The minimum absolute atomic E-state index is 0.206. The van der Waals surface area contributed by atoms with E-state index in [-0.39, 0.29) is 10.6 Å². The number of nitrogens with one attached hydrogen (secondary N) is 1. The highest BCUT2D eigenvalue weighted by atomic mass is 32.2. The molecule has 0 saturated heterocycles. The van der Waals surface area contributed by atoms with Crippen molar-refractivity contribution in [3.05, 3.63) is 72.1 Å². The molecule has 9 heteroatoms. The number of nitrogens with zero attached hydrogens (tertiary/aromatic N) is 2. The van der Waals surface area contributed by atoms with Gasteiger partial charge in [0, 0.05) is 6.20 Å². The van der Waals surface area contributed by atoms with Crippen molar-refractivity contribution in [2.24, 2.45) is 0 Å². The van der Waals surface area contributed by atoms with Crippen LogP contribution < -0.4 is 9.46 Å². The van der Waals surface area contributed by atoms with Gasteiger partial charge in [0.2, 0.25) is 0 Å². The first-order valence-electron chi connectivity index (χ1n) is 7.50. The van der Waals surface area contributed by atoms with Crippen molar-refractivity contribution in [1.82, 2.24) is 9.78 Å². The van der Waals surface area contributed by atoms with Crippen LogP contribution in [0.4, 0.5) is 14.5 Å². The summed E-state index contributed by atoms with van der Waals surface area (Å²) in [5, 5.41) is 4.09. The van der Waals surface area contributed by atoms with Crippen molar-refractivity contribution >= 4 is 15.7 Å². The Hall–Kier alpha value is -2.94. The minimum Gasteiger partial charge on any atom is -0.497 e. The fourth-order valence-electron chi connectivity index (χ4n) is 2.32. The van der Waals surface area contributed by atoms with E-state index in [0.29, 0.717) is 18.4 Å². The Bertz CT molecular complexity index is 1040. The molecule has 0 unspecified atom stereocenters. The molecule has 1 N–H and O–H groups in total. The molecule has 0 aliphatic carbocycles. The van der Waals surface area contributed by atoms with Crippen LogP contribution in [0.3, 0.4) is 0 Å². The van der Waals surface area contributed by atoms with E-state index in [1.165, 1.54) is 17.1 Å². The van der Waals surface area contributed by atoms with Gasteiger partial charge in [0.05, 0.1) is 30.4 Å². The van der Waals surface area contributed by atoms with Crippen LogP contribution in [0.25, 0.3) is 0 Å². The van der Waals surface area contributed by atoms with Gasteiger partial charge in [-0.15, -0.1) is 0 Å². The van der Waals surface area contributed by atoms with Crippen molar-refractivity contribution in [2.45, 2.75) is 11.4 Å². The van der Waals surface area contributed by atoms with Crippen LogP contribution in [-0.2, 0) is 16.6 Å². The molecule has 0 bridgehead atoms. The average molecular weight is 379 g/mol. The molecule has 0 aliphatic rings. The topological polar surface area (TPSA) is 73.2 Å². The predicted molar refractivity (Wildman–Crippen MR) is 91.5 cm³/mol. The zero-order chi connectivity index (χ0) is 18.7. The van der Waals surface area contributed by atoms with Crippen molar-refractivity contribution in [3.8, 4) is 5.75 Å². The van der Waals surface area contributed by atoms with Gasteiger partial charge < -0.3 is 4.74 Å². The van der Waals surface area contributed by atoms with Crippen molar-refractivity contribution in [1.29, 1.82) is 0 Å². The lowest BCUT2D eigenvalue weighted by atomic mass is 10.2.